The molecule has 2 rings (SSSR count). The number of ether oxygens (including phenoxy) is 1. The summed E-state index contributed by atoms with van der Waals surface area (Å²) in [6, 6.07) is 7.45. The number of hydrogen-bond acceptors (Lipinski definition) is 4. The maximum atomic E-state index is 11.4. The zero-order valence-electron chi connectivity index (χ0n) is 12.0. The number of nitrogens with zero attached hydrogens (tertiary/aromatic N) is 1. The third kappa shape index (κ3) is 5.32. The fraction of sp³-hybridized carbons (Fsp3) is 0.467. The fourth-order valence-corrected chi connectivity index (χ4v) is 2.39. The van der Waals surface area contributed by atoms with Crippen LogP contribution in [0.5, 0.6) is 5.75 Å². The van der Waals surface area contributed by atoms with E-state index in [9.17, 15) is 4.79 Å². The van der Waals surface area contributed by atoms with Gasteiger partial charge in [0.15, 0.2) is 0 Å². The van der Waals surface area contributed by atoms with Crippen molar-refractivity contribution in [1.29, 1.82) is 0 Å². The molecule has 1 aromatic rings. The van der Waals surface area contributed by atoms with Crippen LogP contribution in [0.4, 0.5) is 0 Å². The van der Waals surface area contributed by atoms with Gasteiger partial charge in [0.2, 0.25) is 5.91 Å². The molecule has 3 N–H and O–H groups in total. The van der Waals surface area contributed by atoms with Crippen molar-refractivity contribution in [2.24, 2.45) is 5.73 Å². The Morgan fingerprint density at radius 3 is 2.86 bits per heavy atom. The third-order valence-electron chi connectivity index (χ3n) is 3.37. The Morgan fingerprint density at radius 1 is 1.38 bits per heavy atom. The van der Waals surface area contributed by atoms with E-state index in [4.69, 9.17) is 22.7 Å². The summed E-state index contributed by atoms with van der Waals surface area (Å²) >= 11 is 4.90. The molecule has 0 aliphatic carbocycles. The molecule has 0 radical (unpaired) electrons. The van der Waals surface area contributed by atoms with E-state index in [-0.39, 0.29) is 5.91 Å². The van der Waals surface area contributed by atoms with Gasteiger partial charge in [0.05, 0.1) is 13.2 Å². The second-order valence-electron chi connectivity index (χ2n) is 5.07. The van der Waals surface area contributed by atoms with Crippen LogP contribution in [0, 0.1) is 0 Å². The second kappa shape index (κ2) is 7.95. The molecule has 0 aromatic heterocycles. The van der Waals surface area contributed by atoms with Crippen molar-refractivity contribution in [2.45, 2.75) is 12.8 Å². The quantitative estimate of drug-likeness (QED) is 0.604. The minimum absolute atomic E-state index is 0.113. The number of hydrogen-bond donors (Lipinski definition) is 2. The van der Waals surface area contributed by atoms with E-state index < -0.39 is 0 Å². The number of carbonyl (C=O) groups is 1. The molecule has 1 aromatic carbocycles. The fourth-order valence-electron chi connectivity index (χ4n) is 2.25. The molecule has 1 amide bonds. The molecule has 0 bridgehead atoms. The summed E-state index contributed by atoms with van der Waals surface area (Å²) in [7, 11) is 0. The lowest BCUT2D eigenvalue weighted by Gasteiger charge is -2.18. The SMILES string of the molecule is NC(=S)c1ccc(OCCCN2CCCNC(=O)C2)cc1. The van der Waals surface area contributed by atoms with Gasteiger partial charge in [0.1, 0.15) is 10.7 Å². The molecule has 0 atom stereocenters. The smallest absolute Gasteiger partial charge is 0.234 e. The maximum Gasteiger partial charge on any atom is 0.234 e. The van der Waals surface area contributed by atoms with Crippen molar-refractivity contribution in [2.75, 3.05) is 32.8 Å². The van der Waals surface area contributed by atoms with Crippen LogP contribution in [0.15, 0.2) is 24.3 Å². The summed E-state index contributed by atoms with van der Waals surface area (Å²) in [6.45, 7) is 3.73. The topological polar surface area (TPSA) is 67.6 Å². The van der Waals surface area contributed by atoms with E-state index in [1.807, 2.05) is 24.3 Å². The predicted octanol–water partition coefficient (Wildman–Crippen LogP) is 0.912. The average molecular weight is 307 g/mol. The summed E-state index contributed by atoms with van der Waals surface area (Å²) in [5, 5.41) is 2.87. The highest BCUT2D eigenvalue weighted by Gasteiger charge is 2.13. The number of benzene rings is 1. The lowest BCUT2D eigenvalue weighted by molar-refractivity contribution is -0.121. The molecule has 0 saturated carbocycles. The number of rotatable bonds is 6. The Labute approximate surface area is 130 Å². The monoisotopic (exact) mass is 307 g/mol. The number of thiocarbonyl (C=S) groups is 1. The molecule has 21 heavy (non-hydrogen) atoms. The molecule has 0 spiro atoms. The predicted molar refractivity (Wildman–Crippen MR) is 86.5 cm³/mol. The Hall–Kier alpha value is -1.66. The Morgan fingerprint density at radius 2 is 2.14 bits per heavy atom. The number of amides is 1. The van der Waals surface area contributed by atoms with Crippen molar-refractivity contribution >= 4 is 23.1 Å². The van der Waals surface area contributed by atoms with Gasteiger partial charge in [-0.15, -0.1) is 0 Å². The number of nitrogens with two attached hydrogens (primary N) is 1. The van der Waals surface area contributed by atoms with Gasteiger partial charge >= 0.3 is 0 Å². The molecule has 5 nitrogen and oxygen atoms in total. The van der Waals surface area contributed by atoms with Crippen LogP contribution in [0.2, 0.25) is 0 Å². The van der Waals surface area contributed by atoms with Crippen LogP contribution in [0.3, 0.4) is 0 Å². The van der Waals surface area contributed by atoms with Crippen molar-refractivity contribution < 1.29 is 9.53 Å². The molecule has 1 saturated heterocycles. The van der Waals surface area contributed by atoms with E-state index in [0.717, 1.165) is 43.8 Å². The molecule has 1 aliphatic heterocycles. The molecule has 1 fully saturated rings. The van der Waals surface area contributed by atoms with Gasteiger partial charge in [0, 0.05) is 25.2 Å². The third-order valence-corrected chi connectivity index (χ3v) is 3.60. The highest BCUT2D eigenvalue weighted by molar-refractivity contribution is 7.80. The van der Waals surface area contributed by atoms with Crippen molar-refractivity contribution in [1.82, 2.24) is 10.2 Å². The summed E-state index contributed by atoms with van der Waals surface area (Å²) in [5.74, 6) is 0.922. The normalized spacial score (nSPS) is 16.1. The molecule has 114 valence electrons. The van der Waals surface area contributed by atoms with E-state index in [1.165, 1.54) is 0 Å². The van der Waals surface area contributed by atoms with Crippen molar-refractivity contribution in [3.8, 4) is 5.75 Å². The molecule has 0 unspecified atom stereocenters. The standard InChI is InChI=1S/C15H21N3O2S/c16-15(21)12-3-5-13(6-4-12)20-10-2-9-18-8-1-7-17-14(19)11-18/h3-6H,1-2,7-11H2,(H2,16,21)(H,17,19). The highest BCUT2D eigenvalue weighted by atomic mass is 32.1. The average Bonchev–Trinajstić information content (AvgIpc) is 2.68. The Balaban J connectivity index is 1.69. The van der Waals surface area contributed by atoms with E-state index >= 15 is 0 Å². The lowest BCUT2D eigenvalue weighted by Crippen LogP contribution is -2.34. The first-order valence-electron chi connectivity index (χ1n) is 7.17. The molecular formula is C15H21N3O2S. The molecule has 1 heterocycles. The van der Waals surface area contributed by atoms with Crippen molar-refractivity contribution in [3.05, 3.63) is 29.8 Å². The first kappa shape index (κ1) is 15.7. The van der Waals surface area contributed by atoms with Crippen LogP contribution in [-0.4, -0.2) is 48.6 Å². The molecule has 1 aliphatic rings. The first-order valence-corrected chi connectivity index (χ1v) is 7.58. The summed E-state index contributed by atoms with van der Waals surface area (Å²) in [4.78, 5) is 14.0. The number of carbonyl (C=O) groups excluding carboxylic acids is 1. The largest absolute Gasteiger partial charge is 0.494 e. The van der Waals surface area contributed by atoms with Gasteiger partial charge in [-0.3, -0.25) is 9.69 Å². The van der Waals surface area contributed by atoms with Gasteiger partial charge < -0.3 is 15.8 Å². The minimum atomic E-state index is 0.113. The van der Waals surface area contributed by atoms with Gasteiger partial charge in [-0.1, -0.05) is 12.2 Å². The van der Waals surface area contributed by atoms with Gasteiger partial charge in [-0.05, 0) is 37.1 Å². The van der Waals surface area contributed by atoms with E-state index in [1.54, 1.807) is 0 Å². The molecule has 6 heteroatoms. The van der Waals surface area contributed by atoms with Crippen LogP contribution in [0.1, 0.15) is 18.4 Å². The van der Waals surface area contributed by atoms with Crippen molar-refractivity contribution in [3.63, 3.8) is 0 Å². The van der Waals surface area contributed by atoms with Crippen LogP contribution >= 0.6 is 12.2 Å². The zero-order valence-corrected chi connectivity index (χ0v) is 12.8. The van der Waals surface area contributed by atoms with Gasteiger partial charge in [-0.25, -0.2) is 0 Å². The second-order valence-corrected chi connectivity index (χ2v) is 5.51. The van der Waals surface area contributed by atoms with E-state index in [2.05, 4.69) is 10.2 Å². The van der Waals surface area contributed by atoms with Crippen LogP contribution in [-0.2, 0) is 4.79 Å². The summed E-state index contributed by atoms with van der Waals surface area (Å²) in [5.41, 5.74) is 6.39. The van der Waals surface area contributed by atoms with E-state index in [0.29, 0.717) is 18.1 Å². The highest BCUT2D eigenvalue weighted by Crippen LogP contribution is 2.12. The lowest BCUT2D eigenvalue weighted by atomic mass is 10.2. The molecular weight excluding hydrogens is 286 g/mol. The Kier molecular flexibility index (Phi) is 5.95. The van der Waals surface area contributed by atoms with Gasteiger partial charge in [0.25, 0.3) is 0 Å². The van der Waals surface area contributed by atoms with Crippen LogP contribution in [0.25, 0.3) is 0 Å². The minimum Gasteiger partial charge on any atom is -0.494 e. The number of nitrogens with one attached hydrogen (secondary N) is 1. The summed E-state index contributed by atoms with van der Waals surface area (Å²) < 4.78 is 5.68. The Bertz CT molecular complexity index is 490. The van der Waals surface area contributed by atoms with Crippen LogP contribution < -0.4 is 15.8 Å². The summed E-state index contributed by atoms with van der Waals surface area (Å²) in [6.07, 6.45) is 1.90. The van der Waals surface area contributed by atoms with Gasteiger partial charge in [-0.2, -0.15) is 0 Å². The maximum absolute atomic E-state index is 11.4. The zero-order chi connectivity index (χ0) is 15.1. The first-order chi connectivity index (χ1) is 10.1.